The van der Waals surface area contributed by atoms with Gasteiger partial charge in [0, 0.05) is 36.8 Å². The average molecular weight is 382 g/mol. The van der Waals surface area contributed by atoms with Crippen LogP contribution in [0.1, 0.15) is 11.4 Å². The van der Waals surface area contributed by atoms with E-state index in [-0.39, 0.29) is 0 Å². The molecule has 0 amide bonds. The molecule has 0 aliphatic rings. The molecule has 0 radical (unpaired) electrons. The van der Waals surface area contributed by atoms with Gasteiger partial charge in [-0.25, -0.2) is 4.98 Å². The third-order valence-electron chi connectivity index (χ3n) is 3.62. The summed E-state index contributed by atoms with van der Waals surface area (Å²) >= 11 is 1.31. The van der Waals surface area contributed by atoms with E-state index in [1.165, 1.54) is 11.5 Å². The van der Waals surface area contributed by atoms with Gasteiger partial charge in [0.25, 0.3) is 0 Å². The molecule has 1 N–H and O–H groups in total. The molecule has 138 valence electrons. The lowest BCUT2D eigenvalue weighted by Gasteiger charge is -2.11. The Morgan fingerprint density at radius 1 is 1.11 bits per heavy atom. The quantitative estimate of drug-likeness (QED) is 0.626. The van der Waals surface area contributed by atoms with Crippen LogP contribution in [0, 0.1) is 11.3 Å². The second-order valence-corrected chi connectivity index (χ2v) is 6.24. The van der Waals surface area contributed by atoms with Crippen LogP contribution in [-0.2, 0) is 11.2 Å². The van der Waals surface area contributed by atoms with Crippen LogP contribution in [0.5, 0.6) is 17.2 Å². The third-order valence-corrected chi connectivity index (χ3v) is 4.29. The minimum Gasteiger partial charge on any atom is -0.493 e. The largest absolute Gasteiger partial charge is 0.493 e. The Morgan fingerprint density at radius 2 is 1.93 bits per heavy atom. The maximum atomic E-state index is 8.97. The standard InChI is InChI=1S/C19H18N4O3S/c1-24-10-9-18-22-19(27-23-18)21-14-4-6-15(7-5-14)26-16-8-3-13(12-20)11-17(16)25-2/h3-8,11H,9-10H2,1-2H3,(H,21,22,23). The van der Waals surface area contributed by atoms with Gasteiger partial charge in [-0.2, -0.15) is 9.64 Å². The number of hydrogen-bond acceptors (Lipinski definition) is 8. The van der Waals surface area contributed by atoms with E-state index in [0.29, 0.717) is 35.8 Å². The molecule has 0 aliphatic heterocycles. The second-order valence-electron chi connectivity index (χ2n) is 5.49. The topological polar surface area (TPSA) is 89.3 Å². The fourth-order valence-corrected chi connectivity index (χ4v) is 2.91. The SMILES string of the molecule is COCCc1nsc(Nc2ccc(Oc3ccc(C#N)cc3OC)cc2)n1. The Bertz CT molecular complexity index is 935. The molecule has 0 bridgehead atoms. The van der Waals surface area contributed by atoms with Gasteiger partial charge in [0.05, 0.1) is 25.3 Å². The first kappa shape index (κ1) is 18.6. The maximum Gasteiger partial charge on any atom is 0.207 e. The molecule has 7 nitrogen and oxygen atoms in total. The molecule has 0 unspecified atom stereocenters. The molecular weight excluding hydrogens is 364 g/mol. The number of nitrogens with one attached hydrogen (secondary N) is 1. The van der Waals surface area contributed by atoms with E-state index in [2.05, 4.69) is 20.7 Å². The van der Waals surface area contributed by atoms with Crippen molar-refractivity contribution in [2.24, 2.45) is 0 Å². The van der Waals surface area contributed by atoms with E-state index < -0.39 is 0 Å². The number of ether oxygens (including phenoxy) is 3. The van der Waals surface area contributed by atoms with Crippen molar-refractivity contribution < 1.29 is 14.2 Å². The number of aromatic nitrogens is 2. The van der Waals surface area contributed by atoms with E-state index in [1.54, 1.807) is 32.4 Å². The Kier molecular flexibility index (Phi) is 6.20. The Labute approximate surface area is 161 Å². The first-order chi connectivity index (χ1) is 13.2. The van der Waals surface area contributed by atoms with Crippen LogP contribution in [0.3, 0.4) is 0 Å². The molecule has 0 atom stereocenters. The van der Waals surface area contributed by atoms with Crippen LogP contribution < -0.4 is 14.8 Å². The third kappa shape index (κ3) is 4.94. The van der Waals surface area contributed by atoms with Crippen LogP contribution in [0.15, 0.2) is 42.5 Å². The van der Waals surface area contributed by atoms with Crippen LogP contribution in [0.2, 0.25) is 0 Å². The minimum absolute atomic E-state index is 0.508. The van der Waals surface area contributed by atoms with Crippen molar-refractivity contribution >= 4 is 22.4 Å². The normalized spacial score (nSPS) is 10.3. The number of methoxy groups -OCH3 is 2. The molecule has 3 rings (SSSR count). The summed E-state index contributed by atoms with van der Waals surface area (Å²) in [5, 5.41) is 12.9. The number of benzene rings is 2. The first-order valence-electron chi connectivity index (χ1n) is 8.16. The van der Waals surface area contributed by atoms with Gasteiger partial charge in [0.1, 0.15) is 11.6 Å². The van der Waals surface area contributed by atoms with Crippen molar-refractivity contribution in [1.29, 1.82) is 5.26 Å². The second kappa shape index (κ2) is 8.98. The molecule has 0 aliphatic carbocycles. The summed E-state index contributed by atoms with van der Waals surface area (Å²) in [5.74, 6) is 2.47. The zero-order valence-corrected chi connectivity index (χ0v) is 15.7. The summed E-state index contributed by atoms with van der Waals surface area (Å²) in [6.45, 7) is 0.598. The van der Waals surface area contributed by atoms with E-state index in [0.717, 1.165) is 16.6 Å². The van der Waals surface area contributed by atoms with Gasteiger partial charge in [0.15, 0.2) is 11.5 Å². The molecule has 0 saturated heterocycles. The summed E-state index contributed by atoms with van der Waals surface area (Å²) in [4.78, 5) is 4.41. The lowest BCUT2D eigenvalue weighted by Crippen LogP contribution is -1.97. The van der Waals surface area contributed by atoms with Gasteiger partial charge in [-0.15, -0.1) is 0 Å². The number of anilines is 2. The van der Waals surface area contributed by atoms with Crippen molar-refractivity contribution in [2.75, 3.05) is 26.1 Å². The molecule has 0 spiro atoms. The Morgan fingerprint density at radius 3 is 2.63 bits per heavy atom. The maximum absolute atomic E-state index is 8.97. The van der Waals surface area contributed by atoms with Gasteiger partial charge in [-0.3, -0.25) is 0 Å². The smallest absolute Gasteiger partial charge is 0.207 e. The van der Waals surface area contributed by atoms with Crippen LogP contribution in [-0.4, -0.2) is 30.2 Å². The van der Waals surface area contributed by atoms with Gasteiger partial charge in [-0.1, -0.05) is 0 Å². The number of nitriles is 1. The van der Waals surface area contributed by atoms with Gasteiger partial charge in [0.2, 0.25) is 5.13 Å². The zero-order valence-electron chi connectivity index (χ0n) is 14.9. The molecule has 0 saturated carbocycles. The van der Waals surface area contributed by atoms with E-state index in [4.69, 9.17) is 19.5 Å². The molecule has 2 aromatic carbocycles. The van der Waals surface area contributed by atoms with E-state index in [9.17, 15) is 0 Å². The van der Waals surface area contributed by atoms with Crippen LogP contribution in [0.4, 0.5) is 10.8 Å². The van der Waals surface area contributed by atoms with E-state index in [1.807, 2.05) is 24.3 Å². The Balaban J connectivity index is 1.65. The predicted octanol–water partition coefficient (Wildman–Crippen LogP) is 4.14. The van der Waals surface area contributed by atoms with Gasteiger partial charge >= 0.3 is 0 Å². The van der Waals surface area contributed by atoms with Crippen LogP contribution in [0.25, 0.3) is 0 Å². The molecule has 0 fully saturated rings. The van der Waals surface area contributed by atoms with Crippen molar-refractivity contribution in [3.8, 4) is 23.3 Å². The molecule has 8 heteroatoms. The first-order valence-corrected chi connectivity index (χ1v) is 8.94. The predicted molar refractivity (Wildman–Crippen MR) is 103 cm³/mol. The monoisotopic (exact) mass is 382 g/mol. The van der Waals surface area contributed by atoms with E-state index >= 15 is 0 Å². The summed E-state index contributed by atoms with van der Waals surface area (Å²) < 4.78 is 20.4. The Hall–Kier alpha value is -3.15. The number of rotatable bonds is 8. The summed E-state index contributed by atoms with van der Waals surface area (Å²) in [5.41, 5.74) is 1.39. The number of hydrogen-bond donors (Lipinski definition) is 1. The highest BCUT2D eigenvalue weighted by atomic mass is 32.1. The zero-order chi connectivity index (χ0) is 19.1. The number of nitrogens with zero attached hydrogens (tertiary/aromatic N) is 3. The van der Waals surface area contributed by atoms with Gasteiger partial charge < -0.3 is 19.5 Å². The summed E-state index contributed by atoms with van der Waals surface area (Å²) in [7, 11) is 3.20. The molecule has 1 aromatic heterocycles. The van der Waals surface area contributed by atoms with Crippen molar-refractivity contribution in [1.82, 2.24) is 9.36 Å². The fourth-order valence-electron chi connectivity index (χ4n) is 2.28. The highest BCUT2D eigenvalue weighted by Crippen LogP contribution is 2.33. The summed E-state index contributed by atoms with van der Waals surface area (Å²) in [6.07, 6.45) is 0.688. The molecule has 27 heavy (non-hydrogen) atoms. The van der Waals surface area contributed by atoms with Crippen LogP contribution >= 0.6 is 11.5 Å². The average Bonchev–Trinajstić information content (AvgIpc) is 3.15. The summed E-state index contributed by atoms with van der Waals surface area (Å²) in [6, 6.07) is 14.6. The van der Waals surface area contributed by atoms with Crippen molar-refractivity contribution in [2.45, 2.75) is 6.42 Å². The molecular formula is C19H18N4O3S. The highest BCUT2D eigenvalue weighted by Gasteiger charge is 2.08. The fraction of sp³-hybridized carbons (Fsp3) is 0.211. The van der Waals surface area contributed by atoms with Crippen molar-refractivity contribution in [3.63, 3.8) is 0 Å². The van der Waals surface area contributed by atoms with Gasteiger partial charge in [-0.05, 0) is 36.4 Å². The highest BCUT2D eigenvalue weighted by molar-refractivity contribution is 7.09. The minimum atomic E-state index is 0.508. The lowest BCUT2D eigenvalue weighted by atomic mass is 10.2. The van der Waals surface area contributed by atoms with Crippen molar-refractivity contribution in [3.05, 3.63) is 53.9 Å². The molecule has 1 heterocycles. The molecule has 3 aromatic rings. The lowest BCUT2D eigenvalue weighted by molar-refractivity contribution is 0.201.